The molecular formula is C25H17BrF3N3O2. The summed E-state index contributed by atoms with van der Waals surface area (Å²) in [5.74, 6) is -1.35. The molecule has 2 unspecified atom stereocenters. The molecule has 0 bridgehead atoms. The number of benzene rings is 2. The number of ether oxygens (including phenoxy) is 1. The first kappa shape index (κ1) is 23.5. The van der Waals surface area contributed by atoms with Gasteiger partial charge in [0.05, 0.1) is 5.69 Å². The van der Waals surface area contributed by atoms with E-state index in [1.807, 2.05) is 6.07 Å². The number of halogens is 4. The van der Waals surface area contributed by atoms with Crippen LogP contribution in [0, 0.1) is 18.3 Å². The van der Waals surface area contributed by atoms with E-state index in [0.29, 0.717) is 4.47 Å². The van der Waals surface area contributed by atoms with Crippen molar-refractivity contribution in [2.24, 2.45) is 0 Å². The van der Waals surface area contributed by atoms with Gasteiger partial charge in [0.1, 0.15) is 11.6 Å². The third kappa shape index (κ3) is 4.05. The smallest absolute Gasteiger partial charge is 0.419 e. The lowest BCUT2D eigenvalue weighted by atomic mass is 9.80. The summed E-state index contributed by atoms with van der Waals surface area (Å²) in [5.41, 5.74) is -2.49. The van der Waals surface area contributed by atoms with Gasteiger partial charge in [-0.05, 0) is 36.8 Å². The number of aryl methyl sites for hydroxylation is 1. The third-order valence-electron chi connectivity index (χ3n) is 5.52. The van der Waals surface area contributed by atoms with Crippen LogP contribution >= 0.6 is 15.9 Å². The fourth-order valence-corrected chi connectivity index (χ4v) is 4.04. The molecule has 9 heteroatoms. The highest BCUT2D eigenvalue weighted by molar-refractivity contribution is 9.10. The summed E-state index contributed by atoms with van der Waals surface area (Å²) < 4.78 is 51.1. The van der Waals surface area contributed by atoms with Gasteiger partial charge >= 0.3 is 6.18 Å². The number of aromatic nitrogens is 1. The maximum Gasteiger partial charge on any atom is 0.419 e. The van der Waals surface area contributed by atoms with Crippen molar-refractivity contribution in [2.45, 2.75) is 24.7 Å². The summed E-state index contributed by atoms with van der Waals surface area (Å²) in [6.07, 6.45) is -5.59. The molecule has 5 nitrogen and oxygen atoms in total. The molecule has 2 atom stereocenters. The van der Waals surface area contributed by atoms with Crippen LogP contribution in [-0.4, -0.2) is 23.0 Å². The Morgan fingerprint density at radius 1 is 1.12 bits per heavy atom. The van der Waals surface area contributed by atoms with E-state index in [-0.39, 0.29) is 22.4 Å². The lowest BCUT2D eigenvalue weighted by Crippen LogP contribution is -2.58. The van der Waals surface area contributed by atoms with E-state index in [1.54, 1.807) is 31.2 Å². The van der Waals surface area contributed by atoms with Crippen LogP contribution in [0.15, 0.2) is 83.3 Å². The first-order valence-electron chi connectivity index (χ1n) is 10.1. The normalized spacial score (nSPS) is 21.2. The number of carbonyl (C=O) groups is 1. The number of rotatable bonds is 4. The maximum atomic E-state index is 14.9. The highest BCUT2D eigenvalue weighted by Gasteiger charge is 2.68. The van der Waals surface area contributed by atoms with Crippen molar-refractivity contribution >= 4 is 27.3 Å². The predicted octanol–water partition coefficient (Wildman–Crippen LogP) is 5.67. The Morgan fingerprint density at radius 2 is 1.79 bits per heavy atom. The monoisotopic (exact) mass is 527 g/mol. The highest BCUT2D eigenvalue weighted by Crippen LogP contribution is 2.49. The molecule has 172 valence electrons. The summed E-state index contributed by atoms with van der Waals surface area (Å²) in [4.78, 5) is 17.5. The molecule has 0 spiro atoms. The lowest BCUT2D eigenvalue weighted by Gasteiger charge is -2.34. The number of nitrogens with zero attached hydrogens (tertiary/aromatic N) is 2. The molecule has 0 amide bonds. The molecule has 34 heavy (non-hydrogen) atoms. The van der Waals surface area contributed by atoms with Gasteiger partial charge in [-0.25, -0.2) is 0 Å². The molecule has 2 heterocycles. The van der Waals surface area contributed by atoms with Crippen molar-refractivity contribution in [3.63, 3.8) is 0 Å². The number of alkyl halides is 3. The van der Waals surface area contributed by atoms with Crippen LogP contribution in [0.4, 0.5) is 13.2 Å². The summed E-state index contributed by atoms with van der Waals surface area (Å²) in [7, 11) is 0. The van der Waals surface area contributed by atoms with Gasteiger partial charge in [0.25, 0.3) is 0 Å². The zero-order valence-corrected chi connectivity index (χ0v) is 19.3. The molecule has 1 aliphatic rings. The SMILES string of the molecule is Cc1ccc(C2(C(F)(F)F)NC(=C(C#N)c3ccccn3)OC2C(=O)c2ccc(Br)cc2)cc1. The average molecular weight is 528 g/mol. The number of nitrogens with one attached hydrogen (secondary N) is 1. The average Bonchev–Trinajstić information content (AvgIpc) is 3.22. The Hall–Kier alpha value is -3.64. The van der Waals surface area contributed by atoms with E-state index >= 15 is 0 Å². The summed E-state index contributed by atoms with van der Waals surface area (Å²) in [5, 5.41) is 12.1. The standard InChI is InChI=1S/C25H17BrF3N3O2/c1-15-5-9-17(10-6-15)24(25(27,28)29)22(21(33)16-7-11-18(26)12-8-16)34-23(32-24)19(14-30)20-4-2-3-13-31-20/h2-13,22,32H,1H3. The number of hydrogen-bond acceptors (Lipinski definition) is 5. The highest BCUT2D eigenvalue weighted by atomic mass is 79.9. The van der Waals surface area contributed by atoms with Gasteiger partial charge in [0.2, 0.25) is 17.2 Å². The fraction of sp³-hybridized carbons (Fsp3) is 0.160. The van der Waals surface area contributed by atoms with Crippen LogP contribution < -0.4 is 5.32 Å². The van der Waals surface area contributed by atoms with Crippen molar-refractivity contribution in [1.29, 1.82) is 5.26 Å². The number of carbonyl (C=O) groups excluding carboxylic acids is 1. The number of ketones is 1. The van der Waals surface area contributed by atoms with E-state index in [4.69, 9.17) is 4.74 Å². The molecule has 1 aromatic heterocycles. The number of Topliss-reactive ketones (excluding diaryl/α,β-unsaturated/α-hetero) is 1. The number of pyridine rings is 1. The van der Waals surface area contributed by atoms with Gasteiger partial charge in [-0.2, -0.15) is 18.4 Å². The minimum absolute atomic E-state index is 0.0355. The zero-order valence-electron chi connectivity index (χ0n) is 17.7. The molecule has 1 saturated heterocycles. The quantitative estimate of drug-likeness (QED) is 0.349. The molecule has 3 aromatic rings. The second-order valence-electron chi connectivity index (χ2n) is 7.70. The van der Waals surface area contributed by atoms with Gasteiger partial charge in [-0.1, -0.05) is 64.0 Å². The number of nitriles is 1. The fourth-order valence-electron chi connectivity index (χ4n) is 3.78. The Morgan fingerprint density at radius 3 is 2.35 bits per heavy atom. The van der Waals surface area contributed by atoms with Crippen LogP contribution in [0.2, 0.25) is 0 Å². The second-order valence-corrected chi connectivity index (χ2v) is 8.61. The Kier molecular flexibility index (Phi) is 6.19. The lowest BCUT2D eigenvalue weighted by molar-refractivity contribution is -0.204. The van der Waals surface area contributed by atoms with Crippen molar-refractivity contribution in [2.75, 3.05) is 0 Å². The van der Waals surface area contributed by atoms with Crippen LogP contribution in [0.5, 0.6) is 0 Å². The van der Waals surface area contributed by atoms with Gasteiger partial charge < -0.3 is 10.1 Å². The molecular weight excluding hydrogens is 511 g/mol. The molecule has 1 aliphatic heterocycles. The van der Waals surface area contributed by atoms with Crippen molar-refractivity contribution in [3.8, 4) is 6.07 Å². The van der Waals surface area contributed by atoms with Gasteiger partial charge in [-0.3, -0.25) is 9.78 Å². The molecule has 1 N–H and O–H groups in total. The van der Waals surface area contributed by atoms with Crippen molar-refractivity contribution in [1.82, 2.24) is 10.3 Å². The van der Waals surface area contributed by atoms with Gasteiger partial charge in [0.15, 0.2) is 6.10 Å². The van der Waals surface area contributed by atoms with E-state index in [0.717, 1.165) is 5.56 Å². The predicted molar refractivity (Wildman–Crippen MR) is 122 cm³/mol. The molecule has 2 aromatic carbocycles. The first-order valence-corrected chi connectivity index (χ1v) is 10.9. The largest absolute Gasteiger partial charge is 0.463 e. The molecule has 4 rings (SSSR count). The van der Waals surface area contributed by atoms with Gasteiger partial charge in [-0.15, -0.1) is 0 Å². The number of hydrogen-bond donors (Lipinski definition) is 1. The molecule has 0 aliphatic carbocycles. The Labute approximate surface area is 202 Å². The zero-order chi connectivity index (χ0) is 24.5. The van der Waals surface area contributed by atoms with E-state index < -0.39 is 29.5 Å². The van der Waals surface area contributed by atoms with Crippen LogP contribution in [0.3, 0.4) is 0 Å². The van der Waals surface area contributed by atoms with Crippen LogP contribution in [0.25, 0.3) is 5.57 Å². The van der Waals surface area contributed by atoms with Crippen molar-refractivity contribution < 1.29 is 22.7 Å². The Bertz CT molecular complexity index is 1280. The van der Waals surface area contributed by atoms with Crippen LogP contribution in [0.1, 0.15) is 27.2 Å². The topological polar surface area (TPSA) is 75.0 Å². The van der Waals surface area contributed by atoms with Gasteiger partial charge in [0, 0.05) is 16.2 Å². The van der Waals surface area contributed by atoms with Crippen molar-refractivity contribution in [3.05, 3.63) is 106 Å². The maximum absolute atomic E-state index is 14.9. The summed E-state index contributed by atoms with van der Waals surface area (Å²) in [6.45, 7) is 1.74. The minimum atomic E-state index is -4.97. The van der Waals surface area contributed by atoms with E-state index in [9.17, 15) is 23.2 Å². The van der Waals surface area contributed by atoms with Crippen LogP contribution in [-0.2, 0) is 10.3 Å². The summed E-state index contributed by atoms with van der Waals surface area (Å²) >= 11 is 3.25. The molecule has 0 radical (unpaired) electrons. The minimum Gasteiger partial charge on any atom is -0.463 e. The third-order valence-corrected chi connectivity index (χ3v) is 6.05. The second kappa shape index (κ2) is 8.95. The Balaban J connectivity index is 1.95. The van der Waals surface area contributed by atoms with E-state index in [2.05, 4.69) is 26.2 Å². The number of allylic oxidation sites excluding steroid dienone is 1. The summed E-state index contributed by atoms with van der Waals surface area (Å²) in [6, 6.07) is 18.1. The molecule has 0 saturated carbocycles. The molecule has 1 fully saturated rings. The first-order chi connectivity index (χ1) is 16.2. The van der Waals surface area contributed by atoms with E-state index in [1.165, 1.54) is 48.7 Å².